The second kappa shape index (κ2) is 6.64. The minimum atomic E-state index is -0.809. The van der Waals surface area contributed by atoms with Crippen molar-refractivity contribution in [2.24, 2.45) is 0 Å². The maximum Gasteiger partial charge on any atom is 0.306 e. The van der Waals surface area contributed by atoms with Gasteiger partial charge in [-0.15, -0.1) is 0 Å². The number of nitrogens with zero attached hydrogens (tertiary/aromatic N) is 2. The van der Waals surface area contributed by atoms with Crippen LogP contribution in [0.3, 0.4) is 0 Å². The van der Waals surface area contributed by atoms with Gasteiger partial charge >= 0.3 is 5.97 Å². The van der Waals surface area contributed by atoms with Crippen LogP contribution in [0.25, 0.3) is 5.65 Å². The number of phenols is 1. The van der Waals surface area contributed by atoms with Gasteiger partial charge in [0, 0.05) is 12.1 Å². The van der Waals surface area contributed by atoms with Crippen LogP contribution >= 0.6 is 0 Å². The zero-order chi connectivity index (χ0) is 18.0. The Labute approximate surface area is 142 Å². The molecule has 0 aliphatic heterocycles. The van der Waals surface area contributed by atoms with Crippen molar-refractivity contribution in [3.63, 3.8) is 0 Å². The summed E-state index contributed by atoms with van der Waals surface area (Å²) >= 11 is 0. The lowest BCUT2D eigenvalue weighted by Gasteiger charge is -2.17. The van der Waals surface area contributed by atoms with Crippen LogP contribution in [0.4, 0.5) is 0 Å². The molecule has 3 rings (SSSR count). The number of methoxy groups -OCH3 is 1. The lowest BCUT2D eigenvalue weighted by atomic mass is 9.89. The summed E-state index contributed by atoms with van der Waals surface area (Å²) in [5, 5.41) is 20.1. The smallest absolute Gasteiger partial charge is 0.306 e. The highest BCUT2D eigenvalue weighted by Gasteiger charge is 2.27. The van der Waals surface area contributed by atoms with Crippen molar-refractivity contribution in [1.29, 1.82) is 0 Å². The quantitative estimate of drug-likeness (QED) is 0.702. The number of hydrogen-bond acceptors (Lipinski definition) is 6. The van der Waals surface area contributed by atoms with E-state index >= 15 is 0 Å². The average molecular weight is 340 g/mol. The molecule has 7 heteroatoms. The number of esters is 1. The molecule has 25 heavy (non-hydrogen) atoms. The molecule has 128 valence electrons. The normalized spacial score (nSPS) is 12.0. The van der Waals surface area contributed by atoms with Crippen LogP contribution < -0.4 is 5.56 Å². The Kier molecular flexibility index (Phi) is 4.38. The molecular weight excluding hydrogens is 324 g/mol. The number of benzene rings is 1. The highest BCUT2D eigenvalue weighted by molar-refractivity contribution is 5.71. The maximum atomic E-state index is 12.9. The van der Waals surface area contributed by atoms with Crippen molar-refractivity contribution in [1.82, 2.24) is 9.38 Å². The summed E-state index contributed by atoms with van der Waals surface area (Å²) in [4.78, 5) is 28.8. The number of ether oxygens (including phenoxy) is 1. The van der Waals surface area contributed by atoms with Gasteiger partial charge < -0.3 is 14.9 Å². The molecule has 2 N–H and O–H groups in total. The van der Waals surface area contributed by atoms with Crippen LogP contribution in [0.2, 0.25) is 0 Å². The standard InChI is InChI=1S/C18H16N2O5/c1-25-15(22)10-13(11-5-4-6-12(21)9-11)16-17(23)19-14-7-2-3-8-20(14)18(16)24/h2-9,13,21,23H,10H2,1H3/t13-/m0/s1. The first-order valence-corrected chi connectivity index (χ1v) is 7.57. The molecule has 0 radical (unpaired) electrons. The molecular formula is C18H16N2O5. The van der Waals surface area contributed by atoms with Gasteiger partial charge in [-0.1, -0.05) is 18.2 Å². The molecule has 0 spiro atoms. The highest BCUT2D eigenvalue weighted by atomic mass is 16.5. The number of aromatic nitrogens is 2. The Bertz CT molecular complexity index is 996. The van der Waals surface area contributed by atoms with E-state index in [1.807, 2.05) is 0 Å². The molecule has 0 saturated heterocycles. The van der Waals surface area contributed by atoms with E-state index < -0.39 is 23.3 Å². The van der Waals surface area contributed by atoms with Crippen molar-refractivity contribution < 1.29 is 19.7 Å². The third kappa shape index (κ3) is 3.16. The number of fused-ring (bicyclic) bond motifs is 1. The fourth-order valence-corrected chi connectivity index (χ4v) is 2.77. The SMILES string of the molecule is COC(=O)C[C@@H](c1cccc(O)c1)c1c(O)nc2ccccn2c1=O. The van der Waals surface area contributed by atoms with Crippen LogP contribution in [0.5, 0.6) is 11.6 Å². The molecule has 2 heterocycles. The minimum absolute atomic E-state index is 0.0132. The molecule has 1 atom stereocenters. The fourth-order valence-electron chi connectivity index (χ4n) is 2.77. The van der Waals surface area contributed by atoms with Crippen molar-refractivity contribution >= 4 is 11.6 Å². The van der Waals surface area contributed by atoms with Gasteiger partial charge in [-0.25, -0.2) is 0 Å². The minimum Gasteiger partial charge on any atom is -0.508 e. The Balaban J connectivity index is 2.24. The van der Waals surface area contributed by atoms with Crippen LogP contribution in [-0.4, -0.2) is 32.7 Å². The van der Waals surface area contributed by atoms with E-state index in [1.165, 1.54) is 29.8 Å². The molecule has 0 amide bonds. The summed E-state index contributed by atoms with van der Waals surface area (Å²) < 4.78 is 6.00. The van der Waals surface area contributed by atoms with Gasteiger partial charge in [0.2, 0.25) is 5.88 Å². The molecule has 0 aliphatic rings. The van der Waals surface area contributed by atoms with E-state index in [2.05, 4.69) is 4.98 Å². The summed E-state index contributed by atoms with van der Waals surface area (Å²) in [6.45, 7) is 0. The molecule has 0 unspecified atom stereocenters. The molecule has 0 bridgehead atoms. The molecule has 0 aliphatic carbocycles. The first-order valence-electron chi connectivity index (χ1n) is 7.57. The molecule has 0 fully saturated rings. The topological polar surface area (TPSA) is 101 Å². The van der Waals surface area contributed by atoms with E-state index in [9.17, 15) is 19.8 Å². The van der Waals surface area contributed by atoms with Crippen LogP contribution in [0.15, 0.2) is 53.5 Å². The fraction of sp³-hybridized carbons (Fsp3) is 0.167. The number of carbonyl (C=O) groups excluding carboxylic acids is 1. The summed E-state index contributed by atoms with van der Waals surface area (Å²) in [5.41, 5.74) is 0.275. The van der Waals surface area contributed by atoms with Crippen molar-refractivity contribution in [3.05, 3.63) is 70.1 Å². The van der Waals surface area contributed by atoms with E-state index in [1.54, 1.807) is 30.3 Å². The third-order valence-electron chi connectivity index (χ3n) is 3.97. The second-order valence-corrected chi connectivity index (χ2v) is 5.51. The largest absolute Gasteiger partial charge is 0.508 e. The second-order valence-electron chi connectivity index (χ2n) is 5.51. The number of pyridine rings is 1. The Morgan fingerprint density at radius 1 is 1.24 bits per heavy atom. The van der Waals surface area contributed by atoms with E-state index in [-0.39, 0.29) is 17.7 Å². The van der Waals surface area contributed by atoms with Gasteiger partial charge in [-0.3, -0.25) is 14.0 Å². The van der Waals surface area contributed by atoms with Crippen molar-refractivity contribution in [3.8, 4) is 11.6 Å². The summed E-state index contributed by atoms with van der Waals surface area (Å²) in [6.07, 6.45) is 1.36. The van der Waals surface area contributed by atoms with E-state index in [0.717, 1.165) is 0 Å². The third-order valence-corrected chi connectivity index (χ3v) is 3.97. The first kappa shape index (κ1) is 16.5. The Hall–Kier alpha value is -3.35. The van der Waals surface area contributed by atoms with Gasteiger partial charge in [0.15, 0.2) is 0 Å². The van der Waals surface area contributed by atoms with Crippen LogP contribution in [0.1, 0.15) is 23.5 Å². The monoisotopic (exact) mass is 340 g/mol. The Morgan fingerprint density at radius 3 is 2.76 bits per heavy atom. The van der Waals surface area contributed by atoms with Crippen molar-refractivity contribution in [2.75, 3.05) is 7.11 Å². The van der Waals surface area contributed by atoms with Gasteiger partial charge in [0.1, 0.15) is 11.4 Å². The molecule has 7 nitrogen and oxygen atoms in total. The average Bonchev–Trinajstić information content (AvgIpc) is 2.60. The number of phenolic OH excluding ortho intramolecular Hbond substituents is 1. The Morgan fingerprint density at radius 2 is 2.04 bits per heavy atom. The number of aromatic hydroxyl groups is 2. The lowest BCUT2D eigenvalue weighted by Crippen LogP contribution is -2.24. The van der Waals surface area contributed by atoms with Gasteiger partial charge in [0.05, 0.1) is 19.1 Å². The van der Waals surface area contributed by atoms with E-state index in [4.69, 9.17) is 4.74 Å². The number of carbonyl (C=O) groups is 1. The summed E-state index contributed by atoms with van der Waals surface area (Å²) in [5.74, 6) is -1.82. The predicted octanol–water partition coefficient (Wildman–Crippen LogP) is 1.80. The van der Waals surface area contributed by atoms with Crippen LogP contribution in [-0.2, 0) is 9.53 Å². The zero-order valence-corrected chi connectivity index (χ0v) is 13.4. The van der Waals surface area contributed by atoms with Gasteiger partial charge in [-0.2, -0.15) is 4.98 Å². The first-order chi connectivity index (χ1) is 12.0. The molecule has 0 saturated carbocycles. The molecule has 3 aromatic rings. The van der Waals surface area contributed by atoms with Crippen LogP contribution in [0, 0.1) is 0 Å². The predicted molar refractivity (Wildman–Crippen MR) is 89.7 cm³/mol. The maximum absolute atomic E-state index is 12.9. The molecule has 2 aromatic heterocycles. The highest BCUT2D eigenvalue weighted by Crippen LogP contribution is 2.32. The molecule has 1 aromatic carbocycles. The van der Waals surface area contributed by atoms with Gasteiger partial charge in [-0.05, 0) is 29.8 Å². The lowest BCUT2D eigenvalue weighted by molar-refractivity contribution is -0.140. The summed E-state index contributed by atoms with van der Waals surface area (Å²) in [6, 6.07) is 11.1. The summed E-state index contributed by atoms with van der Waals surface area (Å²) in [7, 11) is 1.24. The van der Waals surface area contributed by atoms with E-state index in [0.29, 0.717) is 11.2 Å². The number of hydrogen-bond donors (Lipinski definition) is 2. The van der Waals surface area contributed by atoms with Gasteiger partial charge in [0.25, 0.3) is 5.56 Å². The zero-order valence-electron chi connectivity index (χ0n) is 13.4. The van der Waals surface area contributed by atoms with Crippen molar-refractivity contribution in [2.45, 2.75) is 12.3 Å². The number of rotatable bonds is 4.